The molecule has 2 aromatic heterocycles. The van der Waals surface area contributed by atoms with Gasteiger partial charge in [0.15, 0.2) is 0 Å². The standard InChI is InChI=1S/C24H29N5O3/c1-3-31-21-9-8-18(17-30-2)14-19(21)15-29-12-13-32-22(16-29)20-6-4-7-23(27-20)28-24-25-10-5-11-26-24/h4-11,14,22H,3,12-13,15-17H2,1-2H3,(H,25,26,27,28)/t22-/m1/s1. The van der Waals surface area contributed by atoms with Crippen molar-refractivity contribution in [2.75, 3.05) is 38.7 Å². The maximum absolute atomic E-state index is 6.06. The summed E-state index contributed by atoms with van der Waals surface area (Å²) in [6, 6.07) is 13.9. The highest BCUT2D eigenvalue weighted by atomic mass is 16.5. The van der Waals surface area contributed by atoms with Crippen LogP contribution in [-0.4, -0.2) is 53.3 Å². The van der Waals surface area contributed by atoms with Gasteiger partial charge < -0.3 is 19.5 Å². The molecule has 0 saturated carbocycles. The highest BCUT2D eigenvalue weighted by molar-refractivity contribution is 5.47. The number of aromatic nitrogens is 3. The highest BCUT2D eigenvalue weighted by Gasteiger charge is 2.24. The second kappa shape index (κ2) is 11.0. The van der Waals surface area contributed by atoms with Gasteiger partial charge >= 0.3 is 0 Å². The zero-order valence-corrected chi connectivity index (χ0v) is 18.5. The van der Waals surface area contributed by atoms with Gasteiger partial charge in [0, 0.05) is 44.7 Å². The van der Waals surface area contributed by atoms with Crippen LogP contribution in [0.1, 0.15) is 29.8 Å². The molecule has 0 unspecified atom stereocenters. The Morgan fingerprint density at radius 3 is 2.84 bits per heavy atom. The molecule has 168 valence electrons. The number of hydrogen-bond acceptors (Lipinski definition) is 8. The Bertz CT molecular complexity index is 1000. The van der Waals surface area contributed by atoms with Gasteiger partial charge in [0.1, 0.15) is 17.7 Å². The molecule has 1 N–H and O–H groups in total. The molecule has 1 atom stereocenters. The van der Waals surface area contributed by atoms with Crippen molar-refractivity contribution in [1.29, 1.82) is 0 Å². The van der Waals surface area contributed by atoms with Gasteiger partial charge in [-0.05, 0) is 42.8 Å². The first-order valence-corrected chi connectivity index (χ1v) is 10.8. The quantitative estimate of drug-likeness (QED) is 0.544. The fourth-order valence-electron chi connectivity index (χ4n) is 3.75. The summed E-state index contributed by atoms with van der Waals surface area (Å²) in [5.41, 5.74) is 3.18. The minimum atomic E-state index is -0.111. The number of pyridine rings is 1. The van der Waals surface area contributed by atoms with Crippen molar-refractivity contribution in [2.24, 2.45) is 0 Å². The minimum Gasteiger partial charge on any atom is -0.494 e. The van der Waals surface area contributed by atoms with Crippen molar-refractivity contribution in [1.82, 2.24) is 19.9 Å². The minimum absolute atomic E-state index is 0.111. The molecular formula is C24H29N5O3. The van der Waals surface area contributed by atoms with Crippen molar-refractivity contribution in [2.45, 2.75) is 26.2 Å². The van der Waals surface area contributed by atoms with Gasteiger partial charge in [0.05, 0.1) is 25.5 Å². The first kappa shape index (κ1) is 22.1. The molecule has 0 radical (unpaired) electrons. The highest BCUT2D eigenvalue weighted by Crippen LogP contribution is 2.27. The van der Waals surface area contributed by atoms with Crippen molar-refractivity contribution < 1.29 is 14.2 Å². The Labute approximate surface area is 188 Å². The fraction of sp³-hybridized carbons (Fsp3) is 0.375. The van der Waals surface area contributed by atoms with E-state index in [4.69, 9.17) is 19.2 Å². The molecule has 8 heteroatoms. The summed E-state index contributed by atoms with van der Waals surface area (Å²) in [6.45, 7) is 6.25. The number of hydrogen-bond donors (Lipinski definition) is 1. The molecule has 32 heavy (non-hydrogen) atoms. The molecule has 0 spiro atoms. The third kappa shape index (κ3) is 5.79. The maximum atomic E-state index is 6.06. The van der Waals surface area contributed by atoms with E-state index >= 15 is 0 Å². The van der Waals surface area contributed by atoms with Crippen LogP contribution in [0.4, 0.5) is 11.8 Å². The Hall–Kier alpha value is -3.07. The monoisotopic (exact) mass is 435 g/mol. The van der Waals surface area contributed by atoms with Crippen molar-refractivity contribution in [3.63, 3.8) is 0 Å². The molecule has 1 aliphatic heterocycles. The van der Waals surface area contributed by atoms with E-state index in [9.17, 15) is 0 Å². The Morgan fingerprint density at radius 1 is 1.16 bits per heavy atom. The molecule has 0 bridgehead atoms. The first-order valence-electron chi connectivity index (χ1n) is 10.8. The summed E-state index contributed by atoms with van der Waals surface area (Å²) < 4.78 is 17.2. The van der Waals surface area contributed by atoms with Gasteiger partial charge in [0.25, 0.3) is 0 Å². The summed E-state index contributed by atoms with van der Waals surface area (Å²) in [5, 5.41) is 3.14. The Morgan fingerprint density at radius 2 is 2.03 bits per heavy atom. The van der Waals surface area contributed by atoms with Gasteiger partial charge in [-0.25, -0.2) is 15.0 Å². The van der Waals surface area contributed by atoms with Gasteiger partial charge in [0.2, 0.25) is 5.95 Å². The average molecular weight is 436 g/mol. The number of rotatable bonds is 9. The summed E-state index contributed by atoms with van der Waals surface area (Å²) in [6.07, 6.45) is 3.28. The van der Waals surface area contributed by atoms with Crippen LogP contribution in [0.2, 0.25) is 0 Å². The number of anilines is 2. The van der Waals surface area contributed by atoms with Crippen LogP contribution in [-0.2, 0) is 22.6 Å². The molecule has 3 aromatic rings. The first-order chi connectivity index (χ1) is 15.7. The van der Waals surface area contributed by atoms with Crippen molar-refractivity contribution >= 4 is 11.8 Å². The molecule has 3 heterocycles. The van der Waals surface area contributed by atoms with E-state index in [1.54, 1.807) is 25.6 Å². The number of nitrogens with zero attached hydrogens (tertiary/aromatic N) is 4. The smallest absolute Gasteiger partial charge is 0.228 e. The molecule has 8 nitrogen and oxygen atoms in total. The molecule has 0 amide bonds. The topological polar surface area (TPSA) is 81.6 Å². The molecule has 1 aromatic carbocycles. The van der Waals surface area contributed by atoms with E-state index in [0.717, 1.165) is 42.2 Å². The lowest BCUT2D eigenvalue weighted by Gasteiger charge is -2.33. The van der Waals surface area contributed by atoms with Crippen LogP contribution in [0.25, 0.3) is 0 Å². The third-order valence-electron chi connectivity index (χ3n) is 5.19. The fourth-order valence-corrected chi connectivity index (χ4v) is 3.75. The van der Waals surface area contributed by atoms with E-state index in [1.807, 2.05) is 31.2 Å². The van der Waals surface area contributed by atoms with Gasteiger partial charge in [-0.2, -0.15) is 0 Å². The Kier molecular flexibility index (Phi) is 7.60. The maximum Gasteiger partial charge on any atom is 0.228 e. The molecule has 4 rings (SSSR count). The SMILES string of the molecule is CCOc1ccc(COC)cc1CN1CCO[C@@H](c2cccc(Nc3ncccn3)n2)C1. The second-order valence-electron chi connectivity index (χ2n) is 7.55. The number of benzene rings is 1. The van der Waals surface area contributed by atoms with Crippen LogP contribution in [0.15, 0.2) is 54.9 Å². The molecule has 0 aliphatic carbocycles. The van der Waals surface area contributed by atoms with E-state index in [-0.39, 0.29) is 6.10 Å². The molecular weight excluding hydrogens is 406 g/mol. The van der Waals surface area contributed by atoms with E-state index in [2.05, 4.69) is 32.3 Å². The van der Waals surface area contributed by atoms with Crippen LogP contribution in [0, 0.1) is 0 Å². The molecule has 1 fully saturated rings. The average Bonchev–Trinajstić information content (AvgIpc) is 2.82. The zero-order chi connectivity index (χ0) is 22.2. The molecule has 1 saturated heterocycles. The normalized spacial score (nSPS) is 16.6. The predicted octanol–water partition coefficient (Wildman–Crippen LogP) is 3.73. The second-order valence-corrected chi connectivity index (χ2v) is 7.55. The number of methoxy groups -OCH3 is 1. The van der Waals surface area contributed by atoms with E-state index in [0.29, 0.717) is 31.6 Å². The lowest BCUT2D eigenvalue weighted by atomic mass is 10.1. The summed E-state index contributed by atoms with van der Waals surface area (Å²) in [5.74, 6) is 2.13. The van der Waals surface area contributed by atoms with Gasteiger partial charge in [-0.1, -0.05) is 12.1 Å². The Balaban J connectivity index is 1.46. The number of ether oxygens (including phenoxy) is 3. The van der Waals surface area contributed by atoms with Crippen LogP contribution in [0.3, 0.4) is 0 Å². The summed E-state index contributed by atoms with van der Waals surface area (Å²) in [7, 11) is 1.71. The third-order valence-corrected chi connectivity index (χ3v) is 5.19. The number of nitrogens with one attached hydrogen (secondary N) is 1. The van der Waals surface area contributed by atoms with Crippen molar-refractivity contribution in [3.8, 4) is 5.75 Å². The lowest BCUT2D eigenvalue weighted by Crippen LogP contribution is -2.38. The molecule has 1 aliphatic rings. The predicted molar refractivity (Wildman–Crippen MR) is 122 cm³/mol. The van der Waals surface area contributed by atoms with Crippen LogP contribution in [0.5, 0.6) is 5.75 Å². The van der Waals surface area contributed by atoms with Crippen LogP contribution < -0.4 is 10.1 Å². The van der Waals surface area contributed by atoms with Gasteiger partial charge in [-0.15, -0.1) is 0 Å². The summed E-state index contributed by atoms with van der Waals surface area (Å²) >= 11 is 0. The van der Waals surface area contributed by atoms with E-state index in [1.165, 1.54) is 0 Å². The summed E-state index contributed by atoms with van der Waals surface area (Å²) in [4.78, 5) is 15.5. The van der Waals surface area contributed by atoms with Crippen molar-refractivity contribution in [3.05, 3.63) is 71.7 Å². The van der Waals surface area contributed by atoms with Gasteiger partial charge in [-0.3, -0.25) is 4.90 Å². The largest absolute Gasteiger partial charge is 0.494 e. The van der Waals surface area contributed by atoms with Crippen LogP contribution >= 0.6 is 0 Å². The van der Waals surface area contributed by atoms with E-state index < -0.39 is 0 Å². The lowest BCUT2D eigenvalue weighted by molar-refractivity contribution is -0.0351. The zero-order valence-electron chi connectivity index (χ0n) is 18.5. The number of morpholine rings is 1.